The third kappa shape index (κ3) is 4.77. The van der Waals surface area contributed by atoms with E-state index in [9.17, 15) is 4.79 Å². The van der Waals surface area contributed by atoms with E-state index in [4.69, 9.17) is 17.0 Å². The van der Waals surface area contributed by atoms with E-state index < -0.39 is 5.91 Å². The number of aryl methyl sites for hydroxylation is 1. The van der Waals surface area contributed by atoms with Crippen LogP contribution in [0, 0.1) is 26.2 Å². The first-order valence-electron chi connectivity index (χ1n) is 11.7. The summed E-state index contributed by atoms with van der Waals surface area (Å²) in [5.74, 6) is -0.320. The van der Waals surface area contributed by atoms with Crippen molar-refractivity contribution in [3.8, 4) is 5.69 Å². The first kappa shape index (κ1) is 24.5. The van der Waals surface area contributed by atoms with E-state index in [0.717, 1.165) is 46.1 Å². The van der Waals surface area contributed by atoms with Crippen molar-refractivity contribution in [2.75, 3.05) is 0 Å². The number of unbranched alkanes of at least 4 members (excludes halogenated alkanes) is 4. The van der Waals surface area contributed by atoms with Gasteiger partial charge in [0, 0.05) is 22.1 Å². The molecule has 2 aliphatic rings. The Morgan fingerprint density at radius 2 is 1.91 bits per heavy atom. The van der Waals surface area contributed by atoms with Gasteiger partial charge in [-0.15, -0.1) is 0 Å². The van der Waals surface area contributed by atoms with Crippen molar-refractivity contribution in [3.05, 3.63) is 57.4 Å². The maximum atomic E-state index is 12.9. The van der Waals surface area contributed by atoms with Gasteiger partial charge in [-0.25, -0.2) is 0 Å². The molecule has 0 aliphatic carbocycles. The van der Waals surface area contributed by atoms with Crippen LogP contribution in [0.5, 0.6) is 0 Å². The lowest BCUT2D eigenvalue weighted by molar-refractivity contribution is -0.114. The summed E-state index contributed by atoms with van der Waals surface area (Å²) in [7, 11) is 0. The highest BCUT2D eigenvalue weighted by molar-refractivity contribution is 8.26. The van der Waals surface area contributed by atoms with Crippen LogP contribution in [0.4, 0.5) is 0 Å². The van der Waals surface area contributed by atoms with Crippen molar-refractivity contribution in [2.24, 2.45) is 10.1 Å². The Labute approximate surface area is 210 Å². The van der Waals surface area contributed by atoms with Crippen LogP contribution in [-0.4, -0.2) is 31.5 Å². The highest BCUT2D eigenvalue weighted by atomic mass is 35.5. The number of benzene rings is 1. The molecule has 0 bridgehead atoms. The second kappa shape index (κ2) is 10.3. The van der Waals surface area contributed by atoms with Crippen molar-refractivity contribution in [3.63, 3.8) is 0 Å². The van der Waals surface area contributed by atoms with Crippen molar-refractivity contribution < 1.29 is 4.79 Å². The minimum Gasteiger partial charge on any atom is -0.318 e. The number of halogens is 1. The van der Waals surface area contributed by atoms with Gasteiger partial charge in [0.15, 0.2) is 5.84 Å². The van der Waals surface area contributed by atoms with Crippen molar-refractivity contribution in [1.29, 1.82) is 5.41 Å². The Morgan fingerprint density at radius 3 is 2.68 bits per heavy atom. The molecule has 2 aromatic rings. The van der Waals surface area contributed by atoms with Crippen LogP contribution in [0.2, 0.25) is 5.02 Å². The van der Waals surface area contributed by atoms with E-state index in [1.807, 2.05) is 45.0 Å². The fraction of sp³-hybridized carbons (Fsp3) is 0.385. The number of fused-ring (bicyclic) bond motifs is 1. The second-order valence-electron chi connectivity index (χ2n) is 8.72. The number of thioether (sulfide) groups is 1. The summed E-state index contributed by atoms with van der Waals surface area (Å²) < 4.78 is 2.12. The van der Waals surface area contributed by atoms with Crippen molar-refractivity contribution in [1.82, 2.24) is 9.58 Å². The van der Waals surface area contributed by atoms with Crippen LogP contribution in [0.1, 0.15) is 68.0 Å². The second-order valence-corrected chi connectivity index (χ2v) is 10.2. The summed E-state index contributed by atoms with van der Waals surface area (Å²) >= 11 is 7.76. The highest BCUT2D eigenvalue weighted by Crippen LogP contribution is 2.32. The van der Waals surface area contributed by atoms with Gasteiger partial charge < -0.3 is 4.57 Å². The first-order chi connectivity index (χ1) is 16.3. The van der Waals surface area contributed by atoms with Gasteiger partial charge in [-0.05, 0) is 80.8 Å². The number of rotatable bonds is 8. The molecule has 4 rings (SSSR count). The number of amidine groups is 2. The monoisotopic (exact) mass is 495 g/mol. The molecular weight excluding hydrogens is 466 g/mol. The molecule has 1 aromatic heterocycles. The van der Waals surface area contributed by atoms with Gasteiger partial charge in [0.1, 0.15) is 5.04 Å². The quantitative estimate of drug-likeness (QED) is 0.315. The summed E-state index contributed by atoms with van der Waals surface area (Å²) in [6.07, 6.45) is 8.54. The predicted octanol–water partition coefficient (Wildman–Crippen LogP) is 7.04. The number of aromatic nitrogens is 1. The lowest BCUT2D eigenvalue weighted by atomic mass is 10.1. The molecule has 0 saturated carbocycles. The summed E-state index contributed by atoms with van der Waals surface area (Å²) in [6, 6.07) is 7.86. The molecule has 1 N–H and O–H groups in total. The number of hydrogen-bond acceptors (Lipinski definition) is 4. The van der Waals surface area contributed by atoms with Gasteiger partial charge in [-0.1, -0.05) is 50.3 Å². The zero-order valence-electron chi connectivity index (χ0n) is 20.1. The number of hydrazone groups is 1. The van der Waals surface area contributed by atoms with Crippen LogP contribution in [0.3, 0.4) is 0 Å². The number of nitrogens with zero attached hydrogens (tertiary/aromatic N) is 4. The van der Waals surface area contributed by atoms with Crippen LogP contribution in [0.25, 0.3) is 11.8 Å². The molecule has 34 heavy (non-hydrogen) atoms. The number of nitrogens with one attached hydrogen (secondary N) is 1. The Bertz CT molecular complexity index is 1240. The number of carbonyl (C=O) groups is 1. The summed E-state index contributed by atoms with van der Waals surface area (Å²) in [5.41, 5.74) is 5.11. The van der Waals surface area contributed by atoms with Crippen molar-refractivity contribution in [2.45, 2.75) is 66.2 Å². The fourth-order valence-electron chi connectivity index (χ4n) is 4.31. The third-order valence-corrected chi connectivity index (χ3v) is 7.62. The Hall–Kier alpha value is -2.64. The predicted molar refractivity (Wildman–Crippen MR) is 143 cm³/mol. The highest BCUT2D eigenvalue weighted by Gasteiger charge is 2.35. The Balaban J connectivity index is 1.59. The van der Waals surface area contributed by atoms with Crippen LogP contribution in [0.15, 0.2) is 39.9 Å². The molecular formula is C26H30ClN5OS. The number of hydrogen-bond donors (Lipinski definition) is 1. The zero-order valence-corrected chi connectivity index (χ0v) is 21.7. The maximum Gasteiger partial charge on any atom is 0.283 e. The molecule has 0 unspecified atom stereocenters. The average Bonchev–Trinajstić information content (AvgIpc) is 3.33. The Morgan fingerprint density at radius 1 is 1.15 bits per heavy atom. The zero-order chi connectivity index (χ0) is 24.4. The summed E-state index contributed by atoms with van der Waals surface area (Å²) in [6.45, 7) is 8.23. The third-order valence-electron chi connectivity index (χ3n) is 6.24. The molecule has 8 heteroatoms. The van der Waals surface area contributed by atoms with Gasteiger partial charge in [0.2, 0.25) is 5.17 Å². The minimum absolute atomic E-state index is 0.0761. The SMILES string of the molecule is CCCCCCCC1=NN2C(=N)/C(=C/c3cc(C)n(-c4cccc(Cl)c4C)c3C)C(=O)N=C2S1. The minimum atomic E-state index is -0.396. The van der Waals surface area contributed by atoms with Gasteiger partial charge in [0.05, 0.1) is 5.57 Å². The van der Waals surface area contributed by atoms with Gasteiger partial charge in [-0.3, -0.25) is 10.2 Å². The van der Waals surface area contributed by atoms with E-state index in [0.29, 0.717) is 10.2 Å². The molecule has 6 nitrogen and oxygen atoms in total. The molecule has 1 amide bonds. The first-order valence-corrected chi connectivity index (χ1v) is 12.9. The largest absolute Gasteiger partial charge is 0.318 e. The molecule has 3 heterocycles. The van der Waals surface area contributed by atoms with Gasteiger partial charge in [0.25, 0.3) is 5.91 Å². The molecule has 178 valence electrons. The number of carbonyl (C=O) groups excluding carboxylic acids is 1. The normalized spacial score (nSPS) is 16.9. The van der Waals surface area contributed by atoms with Crippen LogP contribution < -0.4 is 0 Å². The number of aliphatic imine (C=N–C) groups is 1. The van der Waals surface area contributed by atoms with E-state index >= 15 is 0 Å². The summed E-state index contributed by atoms with van der Waals surface area (Å²) in [5, 5.41) is 16.9. The van der Waals surface area contributed by atoms with Crippen LogP contribution >= 0.6 is 23.4 Å². The molecule has 0 atom stereocenters. The number of amides is 1. The van der Waals surface area contributed by atoms with Gasteiger partial charge >= 0.3 is 0 Å². The van der Waals surface area contributed by atoms with E-state index in [1.54, 1.807) is 6.08 Å². The molecule has 0 radical (unpaired) electrons. The Kier molecular flexibility index (Phi) is 7.43. The van der Waals surface area contributed by atoms with Crippen LogP contribution in [-0.2, 0) is 4.79 Å². The smallest absolute Gasteiger partial charge is 0.283 e. The average molecular weight is 496 g/mol. The van der Waals surface area contributed by atoms with Crippen molar-refractivity contribution >= 4 is 51.4 Å². The standard InChI is InChI=1S/C26H30ClN5OS/c1-5-6-7-8-9-13-23-30-32-24(28)20(25(33)29-26(32)34-23)15-19-14-16(2)31(18(19)4)22-12-10-11-21(27)17(22)3/h10-12,14-15,28H,5-9,13H2,1-4H3/b20-15-,28-24?. The van der Waals surface area contributed by atoms with E-state index in [2.05, 4.69) is 21.6 Å². The van der Waals surface area contributed by atoms with Gasteiger partial charge in [-0.2, -0.15) is 15.1 Å². The maximum absolute atomic E-state index is 12.9. The molecule has 0 saturated heterocycles. The van der Waals surface area contributed by atoms with E-state index in [1.165, 1.54) is 42.5 Å². The summed E-state index contributed by atoms with van der Waals surface area (Å²) in [4.78, 5) is 17.1. The lowest BCUT2D eigenvalue weighted by Crippen LogP contribution is -2.35. The molecule has 1 aromatic carbocycles. The fourth-order valence-corrected chi connectivity index (χ4v) is 5.41. The molecule has 2 aliphatic heterocycles. The molecule has 0 spiro atoms. The molecule has 0 fully saturated rings. The van der Waals surface area contributed by atoms with E-state index in [-0.39, 0.29) is 11.4 Å². The topological polar surface area (TPSA) is 73.8 Å². The lowest BCUT2D eigenvalue weighted by Gasteiger charge is -2.20.